The van der Waals surface area contributed by atoms with Crippen LogP contribution in [0.3, 0.4) is 0 Å². The van der Waals surface area contributed by atoms with E-state index in [1.54, 1.807) is 0 Å². The van der Waals surface area contributed by atoms with E-state index in [4.69, 9.17) is 0 Å². The second kappa shape index (κ2) is 8.52. The van der Waals surface area contributed by atoms with Crippen LogP contribution in [0.15, 0.2) is 54.6 Å². The summed E-state index contributed by atoms with van der Waals surface area (Å²) >= 11 is 0. The van der Waals surface area contributed by atoms with Crippen LogP contribution in [-0.4, -0.2) is 36.0 Å². The summed E-state index contributed by atoms with van der Waals surface area (Å²) in [6.07, 6.45) is 2.54. The third-order valence-corrected chi connectivity index (χ3v) is 4.61. The van der Waals surface area contributed by atoms with Crippen LogP contribution >= 0.6 is 0 Å². The Morgan fingerprint density at radius 1 is 1.00 bits per heavy atom. The number of hydrogen-bond donors (Lipinski definition) is 2. The summed E-state index contributed by atoms with van der Waals surface area (Å²) in [6.45, 7) is 3.53. The minimum absolute atomic E-state index is 0.00888. The molecule has 136 valence electrons. The summed E-state index contributed by atoms with van der Waals surface area (Å²) in [5.74, 6) is -0.00888. The van der Waals surface area contributed by atoms with E-state index in [-0.39, 0.29) is 11.9 Å². The van der Waals surface area contributed by atoms with Gasteiger partial charge in [-0.25, -0.2) is 4.79 Å². The van der Waals surface area contributed by atoms with E-state index >= 15 is 0 Å². The maximum atomic E-state index is 12.9. The largest absolute Gasteiger partial charge is 0.341 e. The lowest BCUT2D eigenvalue weighted by molar-refractivity contribution is -0.132. The number of rotatable bonds is 5. The lowest BCUT2D eigenvalue weighted by Crippen LogP contribution is -2.50. The Labute approximate surface area is 154 Å². The molecule has 2 aromatic rings. The minimum atomic E-state index is -0.569. The molecule has 0 radical (unpaired) electrons. The number of hydrogen-bond acceptors (Lipinski definition) is 2. The van der Waals surface area contributed by atoms with Crippen LogP contribution in [0.5, 0.6) is 0 Å². The van der Waals surface area contributed by atoms with Crippen molar-refractivity contribution in [3.05, 3.63) is 65.7 Å². The molecule has 1 aliphatic rings. The highest BCUT2D eigenvalue weighted by Gasteiger charge is 2.28. The highest BCUT2D eigenvalue weighted by molar-refractivity contribution is 5.94. The van der Waals surface area contributed by atoms with Gasteiger partial charge in [0.05, 0.1) is 0 Å². The molecule has 0 bridgehead atoms. The lowest BCUT2D eigenvalue weighted by Gasteiger charge is -2.24. The number of carbonyl (C=O) groups is 2. The summed E-state index contributed by atoms with van der Waals surface area (Å²) in [5.41, 5.74) is 2.86. The zero-order valence-corrected chi connectivity index (χ0v) is 15.1. The van der Waals surface area contributed by atoms with Crippen LogP contribution in [-0.2, 0) is 11.2 Å². The van der Waals surface area contributed by atoms with Crippen molar-refractivity contribution in [2.24, 2.45) is 0 Å². The molecule has 0 aromatic heterocycles. The number of amides is 3. The lowest BCUT2D eigenvalue weighted by atomic mass is 10.0. The van der Waals surface area contributed by atoms with E-state index in [0.717, 1.165) is 37.1 Å². The van der Waals surface area contributed by atoms with Gasteiger partial charge in [-0.3, -0.25) is 4.79 Å². The highest BCUT2D eigenvalue weighted by Crippen LogP contribution is 2.13. The first-order valence-electron chi connectivity index (χ1n) is 9.09. The molecule has 1 atom stereocenters. The van der Waals surface area contributed by atoms with Crippen molar-refractivity contribution >= 4 is 17.6 Å². The van der Waals surface area contributed by atoms with Gasteiger partial charge in [0.1, 0.15) is 6.04 Å². The molecule has 2 aromatic carbocycles. The Morgan fingerprint density at radius 2 is 1.65 bits per heavy atom. The van der Waals surface area contributed by atoms with Crippen molar-refractivity contribution in [3.8, 4) is 0 Å². The first-order chi connectivity index (χ1) is 12.6. The number of urea groups is 1. The highest BCUT2D eigenvalue weighted by atomic mass is 16.2. The normalized spacial score (nSPS) is 14.7. The first kappa shape index (κ1) is 18.0. The Bertz CT molecular complexity index is 738. The Hall–Kier alpha value is -2.82. The van der Waals surface area contributed by atoms with Gasteiger partial charge in [0.2, 0.25) is 5.91 Å². The monoisotopic (exact) mass is 351 g/mol. The molecule has 0 aliphatic carbocycles. The van der Waals surface area contributed by atoms with Crippen LogP contribution in [0.25, 0.3) is 0 Å². The molecule has 26 heavy (non-hydrogen) atoms. The molecular formula is C21H25N3O2. The third kappa shape index (κ3) is 4.85. The van der Waals surface area contributed by atoms with Gasteiger partial charge in [0.15, 0.2) is 0 Å². The molecule has 1 fully saturated rings. The summed E-state index contributed by atoms with van der Waals surface area (Å²) in [5, 5.41) is 5.67. The second-order valence-corrected chi connectivity index (χ2v) is 6.74. The number of nitrogens with one attached hydrogen (secondary N) is 2. The zero-order valence-electron chi connectivity index (χ0n) is 15.1. The maximum absolute atomic E-state index is 12.9. The fourth-order valence-electron chi connectivity index (χ4n) is 3.17. The van der Waals surface area contributed by atoms with E-state index in [0.29, 0.717) is 12.1 Å². The first-order valence-corrected chi connectivity index (χ1v) is 9.09. The summed E-state index contributed by atoms with van der Waals surface area (Å²) in [7, 11) is 0. The van der Waals surface area contributed by atoms with Crippen molar-refractivity contribution in [2.45, 2.75) is 32.2 Å². The molecule has 3 rings (SSSR count). The van der Waals surface area contributed by atoms with E-state index in [9.17, 15) is 9.59 Å². The fourth-order valence-corrected chi connectivity index (χ4v) is 3.17. The zero-order chi connectivity index (χ0) is 18.4. The average Bonchev–Trinajstić information content (AvgIpc) is 3.18. The van der Waals surface area contributed by atoms with Gasteiger partial charge >= 0.3 is 6.03 Å². The fraction of sp³-hybridized carbons (Fsp3) is 0.333. The van der Waals surface area contributed by atoms with E-state index in [2.05, 4.69) is 10.6 Å². The molecule has 1 aliphatic heterocycles. The number of anilines is 1. The van der Waals surface area contributed by atoms with Gasteiger partial charge in [0, 0.05) is 25.2 Å². The van der Waals surface area contributed by atoms with Crippen LogP contribution in [0.2, 0.25) is 0 Å². The van der Waals surface area contributed by atoms with Crippen molar-refractivity contribution in [1.29, 1.82) is 0 Å². The van der Waals surface area contributed by atoms with Gasteiger partial charge in [-0.2, -0.15) is 0 Å². The predicted octanol–water partition coefficient (Wildman–Crippen LogP) is 3.35. The molecule has 5 nitrogen and oxygen atoms in total. The molecule has 2 N–H and O–H groups in total. The van der Waals surface area contributed by atoms with Gasteiger partial charge in [0.25, 0.3) is 0 Å². The van der Waals surface area contributed by atoms with Crippen LogP contribution in [0.1, 0.15) is 24.0 Å². The molecule has 0 spiro atoms. The number of benzene rings is 2. The molecule has 1 saturated heterocycles. The minimum Gasteiger partial charge on any atom is -0.341 e. The van der Waals surface area contributed by atoms with Gasteiger partial charge < -0.3 is 15.5 Å². The summed E-state index contributed by atoms with van der Waals surface area (Å²) < 4.78 is 0. The van der Waals surface area contributed by atoms with Gasteiger partial charge in [-0.1, -0.05) is 48.0 Å². The smallest absolute Gasteiger partial charge is 0.319 e. The van der Waals surface area contributed by atoms with Crippen molar-refractivity contribution < 1.29 is 9.59 Å². The van der Waals surface area contributed by atoms with Gasteiger partial charge in [-0.05, 0) is 37.5 Å². The van der Waals surface area contributed by atoms with Gasteiger partial charge in [-0.15, -0.1) is 0 Å². The van der Waals surface area contributed by atoms with E-state index < -0.39 is 6.04 Å². The molecule has 3 amide bonds. The SMILES string of the molecule is Cc1ccc(NC(=O)NC(Cc2ccccc2)C(=O)N2CCCC2)cc1. The number of nitrogens with zero attached hydrogens (tertiary/aromatic N) is 1. The molecule has 1 unspecified atom stereocenters. The molecule has 0 saturated carbocycles. The van der Waals surface area contributed by atoms with Crippen molar-refractivity contribution in [3.63, 3.8) is 0 Å². The molecule has 5 heteroatoms. The summed E-state index contributed by atoms with van der Waals surface area (Å²) in [6, 6.07) is 16.4. The van der Waals surface area contributed by atoms with Crippen molar-refractivity contribution in [2.75, 3.05) is 18.4 Å². The Balaban J connectivity index is 1.68. The quantitative estimate of drug-likeness (QED) is 0.868. The summed E-state index contributed by atoms with van der Waals surface area (Å²) in [4.78, 5) is 27.1. The standard InChI is InChI=1S/C21H25N3O2/c1-16-9-11-18(12-10-16)22-21(26)23-19(15-17-7-3-2-4-8-17)20(25)24-13-5-6-14-24/h2-4,7-12,19H,5-6,13-15H2,1H3,(H2,22,23,26). The van der Waals surface area contributed by atoms with Crippen molar-refractivity contribution in [1.82, 2.24) is 10.2 Å². The number of likely N-dealkylation sites (tertiary alicyclic amines) is 1. The molecular weight excluding hydrogens is 326 g/mol. The van der Waals surface area contributed by atoms with E-state index in [1.165, 1.54) is 0 Å². The predicted molar refractivity (Wildman–Crippen MR) is 103 cm³/mol. The Morgan fingerprint density at radius 3 is 2.31 bits per heavy atom. The average molecular weight is 351 g/mol. The second-order valence-electron chi connectivity index (χ2n) is 6.74. The van der Waals surface area contributed by atoms with Crippen LogP contribution < -0.4 is 10.6 Å². The topological polar surface area (TPSA) is 61.4 Å². The maximum Gasteiger partial charge on any atom is 0.319 e. The van der Waals surface area contributed by atoms with Crippen LogP contribution in [0.4, 0.5) is 10.5 Å². The van der Waals surface area contributed by atoms with E-state index in [1.807, 2.05) is 66.4 Å². The van der Waals surface area contributed by atoms with Crippen LogP contribution in [0, 0.1) is 6.92 Å². The number of carbonyl (C=O) groups excluding carboxylic acids is 2. The Kier molecular flexibility index (Phi) is 5.89. The number of aryl methyl sites for hydroxylation is 1. The molecule has 1 heterocycles. The third-order valence-electron chi connectivity index (χ3n) is 4.61.